The lowest BCUT2D eigenvalue weighted by atomic mass is 10.0. The summed E-state index contributed by atoms with van der Waals surface area (Å²) < 4.78 is 24.8. The van der Waals surface area contributed by atoms with E-state index in [0.29, 0.717) is 18.9 Å². The number of rotatable bonds is 9. The standard InChI is InChI=1S/C20H33N3O4S/c1-15(2)19(14-23-10-9-18(24)13-23)22(3)20(25)11-16-5-7-17(8-6-16)12-21-28(4,26)27/h5-8,15,18-19,21,24H,9-14H2,1-4H3/t18-,19+/m0/s1. The Balaban J connectivity index is 1.93. The number of hydrogen-bond donors (Lipinski definition) is 2. The van der Waals surface area contributed by atoms with Crippen LogP contribution in [0.3, 0.4) is 0 Å². The van der Waals surface area contributed by atoms with E-state index in [0.717, 1.165) is 36.9 Å². The molecule has 2 atom stereocenters. The van der Waals surface area contributed by atoms with E-state index in [-0.39, 0.29) is 24.6 Å². The summed E-state index contributed by atoms with van der Waals surface area (Å²) in [5, 5.41) is 9.74. The Hall–Kier alpha value is -1.48. The summed E-state index contributed by atoms with van der Waals surface area (Å²) in [6.45, 7) is 6.79. The van der Waals surface area contributed by atoms with E-state index in [9.17, 15) is 18.3 Å². The molecular weight excluding hydrogens is 378 g/mol. The van der Waals surface area contributed by atoms with Gasteiger partial charge in [-0.25, -0.2) is 13.1 Å². The molecule has 1 heterocycles. The summed E-state index contributed by atoms with van der Waals surface area (Å²) in [6, 6.07) is 7.51. The topological polar surface area (TPSA) is 89.9 Å². The highest BCUT2D eigenvalue weighted by Gasteiger charge is 2.28. The minimum Gasteiger partial charge on any atom is -0.392 e. The Bertz CT molecular complexity index is 749. The third-order valence-electron chi connectivity index (χ3n) is 5.27. The maximum absolute atomic E-state index is 12.8. The molecule has 1 saturated heterocycles. The van der Waals surface area contributed by atoms with Crippen molar-refractivity contribution in [2.45, 2.75) is 45.4 Å². The van der Waals surface area contributed by atoms with Crippen LogP contribution in [0, 0.1) is 5.92 Å². The molecule has 0 aromatic heterocycles. The number of carbonyl (C=O) groups excluding carboxylic acids is 1. The molecule has 0 aliphatic carbocycles. The van der Waals surface area contributed by atoms with Crippen LogP contribution < -0.4 is 4.72 Å². The normalized spacial score (nSPS) is 19.1. The van der Waals surface area contributed by atoms with Gasteiger partial charge < -0.3 is 10.0 Å². The van der Waals surface area contributed by atoms with Gasteiger partial charge in [0.15, 0.2) is 0 Å². The number of aliphatic hydroxyl groups excluding tert-OH is 1. The summed E-state index contributed by atoms with van der Waals surface area (Å²) in [4.78, 5) is 16.9. The highest BCUT2D eigenvalue weighted by Crippen LogP contribution is 2.17. The first-order valence-corrected chi connectivity index (χ1v) is 11.6. The third-order valence-corrected chi connectivity index (χ3v) is 5.94. The fourth-order valence-corrected chi connectivity index (χ4v) is 3.93. The zero-order valence-electron chi connectivity index (χ0n) is 17.3. The first-order valence-electron chi connectivity index (χ1n) is 9.73. The zero-order valence-corrected chi connectivity index (χ0v) is 18.1. The van der Waals surface area contributed by atoms with Gasteiger partial charge in [-0.15, -0.1) is 0 Å². The van der Waals surface area contributed by atoms with E-state index in [1.807, 2.05) is 36.2 Å². The monoisotopic (exact) mass is 411 g/mol. The third kappa shape index (κ3) is 7.16. The van der Waals surface area contributed by atoms with Crippen molar-refractivity contribution >= 4 is 15.9 Å². The minimum atomic E-state index is -3.22. The van der Waals surface area contributed by atoms with Crippen molar-refractivity contribution in [2.75, 3.05) is 32.9 Å². The smallest absolute Gasteiger partial charge is 0.227 e. The van der Waals surface area contributed by atoms with Crippen LogP contribution >= 0.6 is 0 Å². The SMILES string of the molecule is CC(C)[C@@H](CN1CC[C@H](O)C1)N(C)C(=O)Cc1ccc(CNS(C)(=O)=O)cc1. The molecule has 0 radical (unpaired) electrons. The number of benzene rings is 1. The Morgan fingerprint density at radius 3 is 2.39 bits per heavy atom. The number of carbonyl (C=O) groups is 1. The van der Waals surface area contributed by atoms with Crippen LogP contribution in [0.4, 0.5) is 0 Å². The molecule has 2 rings (SSSR count). The molecule has 7 nitrogen and oxygen atoms in total. The quantitative estimate of drug-likeness (QED) is 0.628. The van der Waals surface area contributed by atoms with Crippen molar-refractivity contribution in [3.63, 3.8) is 0 Å². The van der Waals surface area contributed by atoms with Crippen molar-refractivity contribution < 1.29 is 18.3 Å². The van der Waals surface area contributed by atoms with E-state index in [1.54, 1.807) is 0 Å². The van der Waals surface area contributed by atoms with Crippen molar-refractivity contribution in [3.8, 4) is 0 Å². The highest BCUT2D eigenvalue weighted by molar-refractivity contribution is 7.88. The largest absolute Gasteiger partial charge is 0.392 e. The van der Waals surface area contributed by atoms with E-state index >= 15 is 0 Å². The summed E-state index contributed by atoms with van der Waals surface area (Å²) in [5.41, 5.74) is 1.75. The fraction of sp³-hybridized carbons (Fsp3) is 0.650. The molecule has 158 valence electrons. The molecule has 1 aromatic rings. The predicted octanol–water partition coefficient (Wildman–Crippen LogP) is 0.828. The molecule has 1 aliphatic heterocycles. The van der Waals surface area contributed by atoms with Crippen molar-refractivity contribution in [2.24, 2.45) is 5.92 Å². The van der Waals surface area contributed by atoms with E-state index in [4.69, 9.17) is 0 Å². The summed E-state index contributed by atoms with van der Waals surface area (Å²) in [5.74, 6) is 0.372. The Morgan fingerprint density at radius 2 is 1.89 bits per heavy atom. The fourth-order valence-electron chi connectivity index (χ4n) is 3.50. The number of sulfonamides is 1. The number of amides is 1. The van der Waals surface area contributed by atoms with Gasteiger partial charge in [-0.05, 0) is 23.5 Å². The second kappa shape index (κ2) is 9.82. The first-order chi connectivity index (χ1) is 13.0. The molecule has 0 unspecified atom stereocenters. The van der Waals surface area contributed by atoms with Gasteiger partial charge in [-0.2, -0.15) is 0 Å². The van der Waals surface area contributed by atoms with Crippen LogP contribution in [-0.2, 0) is 27.8 Å². The molecule has 28 heavy (non-hydrogen) atoms. The lowest BCUT2D eigenvalue weighted by Gasteiger charge is -2.34. The number of β-amino-alcohol motifs (C(OH)–C–C–N with tert-alkyl or cyclic N) is 1. The molecule has 0 spiro atoms. The Morgan fingerprint density at radius 1 is 1.29 bits per heavy atom. The van der Waals surface area contributed by atoms with Crippen LogP contribution in [0.15, 0.2) is 24.3 Å². The Labute approximate surface area is 168 Å². The number of hydrogen-bond acceptors (Lipinski definition) is 5. The molecule has 0 saturated carbocycles. The van der Waals surface area contributed by atoms with Crippen LogP contribution in [0.1, 0.15) is 31.4 Å². The van der Waals surface area contributed by atoms with Gasteiger partial charge in [0.2, 0.25) is 15.9 Å². The molecule has 1 aliphatic rings. The van der Waals surface area contributed by atoms with Gasteiger partial charge >= 0.3 is 0 Å². The second-order valence-electron chi connectivity index (χ2n) is 8.10. The van der Waals surface area contributed by atoms with Gasteiger partial charge in [0.05, 0.1) is 18.8 Å². The van der Waals surface area contributed by atoms with E-state index < -0.39 is 10.0 Å². The average Bonchev–Trinajstić information content (AvgIpc) is 3.02. The summed E-state index contributed by atoms with van der Waals surface area (Å²) in [6.07, 6.45) is 1.97. The van der Waals surface area contributed by atoms with Crippen molar-refractivity contribution in [3.05, 3.63) is 35.4 Å². The van der Waals surface area contributed by atoms with E-state index in [1.165, 1.54) is 0 Å². The summed E-state index contributed by atoms with van der Waals surface area (Å²) >= 11 is 0. The number of aliphatic hydroxyl groups is 1. The van der Waals surface area contributed by atoms with Crippen LogP contribution in [0.5, 0.6) is 0 Å². The van der Waals surface area contributed by atoms with Crippen LogP contribution in [0.25, 0.3) is 0 Å². The van der Waals surface area contributed by atoms with Gasteiger partial charge in [0.25, 0.3) is 0 Å². The molecule has 1 fully saturated rings. The molecule has 2 N–H and O–H groups in total. The molecule has 1 amide bonds. The number of nitrogens with zero attached hydrogens (tertiary/aromatic N) is 2. The van der Waals surface area contributed by atoms with Gasteiger partial charge in [-0.3, -0.25) is 9.69 Å². The van der Waals surface area contributed by atoms with Gasteiger partial charge in [0, 0.05) is 39.3 Å². The molecule has 1 aromatic carbocycles. The first kappa shape index (κ1) is 22.8. The van der Waals surface area contributed by atoms with Crippen molar-refractivity contribution in [1.82, 2.24) is 14.5 Å². The van der Waals surface area contributed by atoms with Gasteiger partial charge in [-0.1, -0.05) is 38.1 Å². The zero-order chi connectivity index (χ0) is 20.9. The summed E-state index contributed by atoms with van der Waals surface area (Å²) in [7, 11) is -1.37. The number of nitrogens with one attached hydrogen (secondary N) is 1. The van der Waals surface area contributed by atoms with E-state index in [2.05, 4.69) is 23.5 Å². The maximum atomic E-state index is 12.8. The average molecular weight is 412 g/mol. The Kier molecular flexibility index (Phi) is 8.00. The van der Waals surface area contributed by atoms with Gasteiger partial charge in [0.1, 0.15) is 0 Å². The number of likely N-dealkylation sites (N-methyl/N-ethyl adjacent to an activating group) is 1. The van der Waals surface area contributed by atoms with Crippen LogP contribution in [0.2, 0.25) is 0 Å². The molecule has 0 bridgehead atoms. The molecular formula is C20H33N3O4S. The minimum absolute atomic E-state index is 0.0560. The van der Waals surface area contributed by atoms with Crippen molar-refractivity contribution in [1.29, 1.82) is 0 Å². The predicted molar refractivity (Wildman–Crippen MR) is 110 cm³/mol. The van der Waals surface area contributed by atoms with Crippen LogP contribution in [-0.4, -0.2) is 74.3 Å². The number of likely N-dealkylation sites (tertiary alicyclic amines) is 1. The second-order valence-corrected chi connectivity index (χ2v) is 9.94. The lowest BCUT2D eigenvalue weighted by Crippen LogP contribution is -2.48. The maximum Gasteiger partial charge on any atom is 0.227 e. The lowest BCUT2D eigenvalue weighted by molar-refractivity contribution is -0.132. The highest BCUT2D eigenvalue weighted by atomic mass is 32.2. The molecule has 8 heteroatoms.